The predicted molar refractivity (Wildman–Crippen MR) is 111 cm³/mol. The molecule has 0 radical (unpaired) electrons. The average molecular weight is 369 g/mol. The number of ketones is 1. The molecular formula is C23H44O3. The molecule has 0 saturated heterocycles. The number of carboxylic acids is 1. The Kier molecular flexibility index (Phi) is 18.3. The summed E-state index contributed by atoms with van der Waals surface area (Å²) in [6.45, 7) is 4.46. The van der Waals surface area contributed by atoms with Crippen LogP contribution in [0.3, 0.4) is 0 Å². The average Bonchev–Trinajstić information content (AvgIpc) is 2.63. The zero-order valence-electron chi connectivity index (χ0n) is 17.6. The van der Waals surface area contributed by atoms with Gasteiger partial charge < -0.3 is 5.11 Å². The van der Waals surface area contributed by atoms with Gasteiger partial charge in [0.15, 0.2) is 0 Å². The standard InChI is InChI=1S/C23H44O3/c1-3-5-7-9-11-13-15-17-19-21(22(24)23(25)26)20-18-16-14-12-10-8-6-4-2/h21H,3-20H2,1-2H3,(H,25,26). The van der Waals surface area contributed by atoms with Gasteiger partial charge in [0.05, 0.1) is 0 Å². The first kappa shape index (κ1) is 25.1. The molecule has 1 N–H and O–H groups in total. The summed E-state index contributed by atoms with van der Waals surface area (Å²) >= 11 is 0. The summed E-state index contributed by atoms with van der Waals surface area (Å²) in [7, 11) is 0. The lowest BCUT2D eigenvalue weighted by Crippen LogP contribution is -2.23. The minimum Gasteiger partial charge on any atom is -0.475 e. The van der Waals surface area contributed by atoms with E-state index in [0.717, 1.165) is 38.5 Å². The van der Waals surface area contributed by atoms with Crippen molar-refractivity contribution in [2.45, 2.75) is 129 Å². The van der Waals surface area contributed by atoms with Gasteiger partial charge in [0.2, 0.25) is 5.78 Å². The molecule has 0 bridgehead atoms. The van der Waals surface area contributed by atoms with Crippen LogP contribution in [-0.4, -0.2) is 16.9 Å². The van der Waals surface area contributed by atoms with Crippen LogP contribution in [0.1, 0.15) is 129 Å². The highest BCUT2D eigenvalue weighted by Gasteiger charge is 2.23. The van der Waals surface area contributed by atoms with E-state index in [1.807, 2.05) is 0 Å². The zero-order chi connectivity index (χ0) is 19.5. The van der Waals surface area contributed by atoms with Gasteiger partial charge in [0.1, 0.15) is 0 Å². The second-order valence-corrected chi connectivity index (χ2v) is 7.89. The lowest BCUT2D eigenvalue weighted by atomic mass is 9.90. The first-order valence-corrected chi connectivity index (χ1v) is 11.4. The monoisotopic (exact) mass is 368 g/mol. The maximum Gasteiger partial charge on any atom is 0.372 e. The molecule has 0 aromatic rings. The van der Waals surface area contributed by atoms with Gasteiger partial charge in [0, 0.05) is 5.92 Å². The normalized spacial score (nSPS) is 11.2. The number of rotatable bonds is 20. The Labute approximate surface area is 162 Å². The van der Waals surface area contributed by atoms with Crippen molar-refractivity contribution in [1.29, 1.82) is 0 Å². The molecule has 0 saturated carbocycles. The van der Waals surface area contributed by atoms with Crippen LogP contribution in [0, 0.1) is 5.92 Å². The third-order valence-corrected chi connectivity index (χ3v) is 5.39. The van der Waals surface area contributed by atoms with Gasteiger partial charge in [0.25, 0.3) is 0 Å². The van der Waals surface area contributed by atoms with Crippen LogP contribution in [0.15, 0.2) is 0 Å². The second-order valence-electron chi connectivity index (χ2n) is 7.89. The molecule has 0 aliphatic carbocycles. The molecule has 0 aromatic carbocycles. The minimum atomic E-state index is -1.24. The summed E-state index contributed by atoms with van der Waals surface area (Å²) in [4.78, 5) is 23.0. The predicted octanol–water partition coefficient (Wildman–Crippen LogP) is 7.32. The van der Waals surface area contributed by atoms with Crippen molar-refractivity contribution in [1.82, 2.24) is 0 Å². The Morgan fingerprint density at radius 3 is 1.19 bits per heavy atom. The highest BCUT2D eigenvalue weighted by atomic mass is 16.4. The topological polar surface area (TPSA) is 54.4 Å². The van der Waals surface area contributed by atoms with E-state index < -0.39 is 11.8 Å². The van der Waals surface area contributed by atoms with Crippen molar-refractivity contribution in [2.24, 2.45) is 5.92 Å². The molecule has 3 heteroatoms. The molecule has 0 spiro atoms. The fourth-order valence-electron chi connectivity index (χ4n) is 3.63. The number of carbonyl (C=O) groups is 2. The van der Waals surface area contributed by atoms with Crippen molar-refractivity contribution < 1.29 is 14.7 Å². The fraction of sp³-hybridized carbons (Fsp3) is 0.913. The SMILES string of the molecule is CCCCCCCCCCC(CCCCCCCCCC)C(=O)C(=O)O. The second kappa shape index (κ2) is 18.9. The van der Waals surface area contributed by atoms with Gasteiger partial charge in [-0.2, -0.15) is 0 Å². The van der Waals surface area contributed by atoms with Crippen LogP contribution < -0.4 is 0 Å². The van der Waals surface area contributed by atoms with E-state index in [9.17, 15) is 9.59 Å². The molecule has 0 rings (SSSR count). The molecule has 0 unspecified atom stereocenters. The van der Waals surface area contributed by atoms with Crippen molar-refractivity contribution >= 4 is 11.8 Å². The Morgan fingerprint density at radius 1 is 0.577 bits per heavy atom. The van der Waals surface area contributed by atoms with Crippen molar-refractivity contribution in [3.8, 4) is 0 Å². The van der Waals surface area contributed by atoms with Gasteiger partial charge in [-0.25, -0.2) is 4.79 Å². The molecule has 0 atom stereocenters. The van der Waals surface area contributed by atoms with Crippen molar-refractivity contribution in [2.75, 3.05) is 0 Å². The van der Waals surface area contributed by atoms with Crippen molar-refractivity contribution in [3.05, 3.63) is 0 Å². The Balaban J connectivity index is 3.82. The van der Waals surface area contributed by atoms with E-state index in [0.29, 0.717) is 0 Å². The van der Waals surface area contributed by atoms with E-state index in [1.54, 1.807) is 0 Å². The van der Waals surface area contributed by atoms with Crippen LogP contribution in [0.5, 0.6) is 0 Å². The number of carboxylic acid groups (broad SMARTS) is 1. The Hall–Kier alpha value is -0.860. The third-order valence-electron chi connectivity index (χ3n) is 5.39. The largest absolute Gasteiger partial charge is 0.475 e. The molecular weight excluding hydrogens is 324 g/mol. The number of hydrogen-bond donors (Lipinski definition) is 1. The van der Waals surface area contributed by atoms with Crippen LogP contribution in [0.2, 0.25) is 0 Å². The van der Waals surface area contributed by atoms with E-state index in [-0.39, 0.29) is 5.92 Å². The maximum atomic E-state index is 11.9. The number of Topliss-reactive ketones (excluding diaryl/α,β-unsaturated/α-hetero) is 1. The van der Waals surface area contributed by atoms with Gasteiger partial charge in [-0.05, 0) is 12.8 Å². The summed E-state index contributed by atoms with van der Waals surface area (Å²) in [5.41, 5.74) is 0. The minimum absolute atomic E-state index is 0.257. The van der Waals surface area contributed by atoms with Crippen LogP contribution in [0.4, 0.5) is 0 Å². The number of hydrogen-bond acceptors (Lipinski definition) is 2. The molecule has 0 amide bonds. The number of carbonyl (C=O) groups excluding carboxylic acids is 1. The first-order valence-electron chi connectivity index (χ1n) is 11.4. The highest BCUT2D eigenvalue weighted by molar-refractivity contribution is 6.33. The van der Waals surface area contributed by atoms with Gasteiger partial charge in [-0.3, -0.25) is 4.79 Å². The maximum absolute atomic E-state index is 11.9. The lowest BCUT2D eigenvalue weighted by molar-refractivity contribution is -0.151. The van der Waals surface area contributed by atoms with Crippen LogP contribution in [-0.2, 0) is 9.59 Å². The van der Waals surface area contributed by atoms with E-state index in [4.69, 9.17) is 5.11 Å². The number of aliphatic carboxylic acids is 1. The molecule has 0 aromatic heterocycles. The zero-order valence-corrected chi connectivity index (χ0v) is 17.6. The quantitative estimate of drug-likeness (QED) is 0.181. The van der Waals surface area contributed by atoms with Crippen LogP contribution >= 0.6 is 0 Å². The van der Waals surface area contributed by atoms with Gasteiger partial charge in [-0.15, -0.1) is 0 Å². The highest BCUT2D eigenvalue weighted by Crippen LogP contribution is 2.20. The smallest absolute Gasteiger partial charge is 0.372 e. The lowest BCUT2D eigenvalue weighted by Gasteiger charge is -2.13. The van der Waals surface area contributed by atoms with Crippen LogP contribution in [0.25, 0.3) is 0 Å². The number of unbranched alkanes of at least 4 members (excludes halogenated alkanes) is 14. The first-order chi connectivity index (χ1) is 12.6. The molecule has 26 heavy (non-hydrogen) atoms. The third kappa shape index (κ3) is 15.4. The Morgan fingerprint density at radius 2 is 0.885 bits per heavy atom. The molecule has 154 valence electrons. The molecule has 0 fully saturated rings. The van der Waals surface area contributed by atoms with Gasteiger partial charge in [-0.1, -0.05) is 117 Å². The molecule has 0 aliphatic heterocycles. The summed E-state index contributed by atoms with van der Waals surface area (Å²) in [6, 6.07) is 0. The summed E-state index contributed by atoms with van der Waals surface area (Å²) < 4.78 is 0. The Bertz CT molecular complexity index is 318. The van der Waals surface area contributed by atoms with E-state index in [1.165, 1.54) is 77.0 Å². The van der Waals surface area contributed by atoms with E-state index >= 15 is 0 Å². The summed E-state index contributed by atoms with van der Waals surface area (Å²) in [5.74, 6) is -2.06. The molecule has 0 heterocycles. The summed E-state index contributed by atoms with van der Waals surface area (Å²) in [5, 5.41) is 9.05. The van der Waals surface area contributed by atoms with Gasteiger partial charge >= 0.3 is 5.97 Å². The summed E-state index contributed by atoms with van der Waals surface area (Å²) in [6.07, 6.45) is 21.2. The molecule has 0 aliphatic rings. The fourth-order valence-corrected chi connectivity index (χ4v) is 3.63. The molecule has 3 nitrogen and oxygen atoms in total. The van der Waals surface area contributed by atoms with E-state index in [2.05, 4.69) is 13.8 Å². The van der Waals surface area contributed by atoms with Crippen molar-refractivity contribution in [3.63, 3.8) is 0 Å².